The van der Waals surface area contributed by atoms with Crippen molar-refractivity contribution >= 4 is 6.03 Å². The van der Waals surface area contributed by atoms with Crippen LogP contribution in [0.3, 0.4) is 0 Å². The van der Waals surface area contributed by atoms with Crippen LogP contribution in [0.4, 0.5) is 4.79 Å². The fourth-order valence-corrected chi connectivity index (χ4v) is 3.80. The van der Waals surface area contributed by atoms with Gasteiger partial charge >= 0.3 is 6.03 Å². The zero-order valence-corrected chi connectivity index (χ0v) is 15.8. The molecule has 2 amide bonds. The van der Waals surface area contributed by atoms with Crippen LogP contribution in [-0.2, 0) is 6.54 Å². The Kier molecular flexibility index (Phi) is 6.93. The van der Waals surface area contributed by atoms with E-state index >= 15 is 0 Å². The first-order valence-corrected chi connectivity index (χ1v) is 9.77. The minimum absolute atomic E-state index is 0.0575. The molecule has 7 heteroatoms. The number of rotatable bonds is 6. The van der Waals surface area contributed by atoms with E-state index in [4.69, 9.17) is 9.52 Å². The van der Waals surface area contributed by atoms with Crippen LogP contribution in [0.5, 0.6) is 0 Å². The van der Waals surface area contributed by atoms with Crippen molar-refractivity contribution in [3.05, 3.63) is 23.7 Å². The van der Waals surface area contributed by atoms with E-state index in [9.17, 15) is 4.79 Å². The first kappa shape index (κ1) is 19.2. The topological polar surface area (TPSA) is 72.2 Å². The number of carbonyl (C=O) groups is 1. The Bertz CT molecular complexity index is 561. The molecular weight excluding hydrogens is 332 g/mol. The SMILES string of the molecule is Cc1ccc(CN2CCC(CNC(=O)N3CCN(CCO)CC3)CC2)o1. The molecule has 0 atom stereocenters. The molecule has 3 rings (SSSR count). The van der Waals surface area contributed by atoms with Gasteiger partial charge in [-0.1, -0.05) is 0 Å². The average Bonchev–Trinajstić information content (AvgIpc) is 3.06. The molecule has 0 spiro atoms. The quantitative estimate of drug-likeness (QED) is 0.791. The number of hydrogen-bond donors (Lipinski definition) is 2. The van der Waals surface area contributed by atoms with Gasteiger partial charge < -0.3 is 19.7 Å². The zero-order valence-electron chi connectivity index (χ0n) is 15.8. The van der Waals surface area contributed by atoms with E-state index < -0.39 is 0 Å². The number of piperazine rings is 1. The summed E-state index contributed by atoms with van der Waals surface area (Å²) in [5.74, 6) is 2.56. The van der Waals surface area contributed by atoms with Gasteiger partial charge in [-0.2, -0.15) is 0 Å². The van der Waals surface area contributed by atoms with Crippen LogP contribution in [-0.4, -0.2) is 84.8 Å². The highest BCUT2D eigenvalue weighted by Gasteiger charge is 2.23. The molecule has 1 aromatic rings. The van der Waals surface area contributed by atoms with E-state index in [0.717, 1.165) is 76.7 Å². The fourth-order valence-electron chi connectivity index (χ4n) is 3.80. The summed E-state index contributed by atoms with van der Waals surface area (Å²) < 4.78 is 5.66. The molecule has 26 heavy (non-hydrogen) atoms. The van der Waals surface area contributed by atoms with Gasteiger partial charge in [0.05, 0.1) is 13.2 Å². The number of nitrogens with one attached hydrogen (secondary N) is 1. The molecule has 2 N–H and O–H groups in total. The van der Waals surface area contributed by atoms with Gasteiger partial charge in [0, 0.05) is 39.3 Å². The molecule has 0 aromatic carbocycles. The molecule has 0 radical (unpaired) electrons. The van der Waals surface area contributed by atoms with E-state index in [1.807, 2.05) is 17.9 Å². The maximum atomic E-state index is 12.3. The van der Waals surface area contributed by atoms with Crippen molar-refractivity contribution in [1.29, 1.82) is 0 Å². The van der Waals surface area contributed by atoms with Gasteiger partial charge in [0.1, 0.15) is 11.5 Å². The van der Waals surface area contributed by atoms with Gasteiger partial charge in [-0.15, -0.1) is 0 Å². The van der Waals surface area contributed by atoms with E-state index in [-0.39, 0.29) is 12.6 Å². The molecular formula is C19H32N4O3. The Hall–Kier alpha value is -1.57. The molecule has 1 aromatic heterocycles. The second kappa shape index (κ2) is 9.39. The third-order valence-electron chi connectivity index (χ3n) is 5.50. The summed E-state index contributed by atoms with van der Waals surface area (Å²) in [6.07, 6.45) is 2.23. The molecule has 2 fully saturated rings. The third-order valence-corrected chi connectivity index (χ3v) is 5.50. The van der Waals surface area contributed by atoms with Crippen LogP contribution < -0.4 is 5.32 Å². The van der Waals surface area contributed by atoms with Gasteiger partial charge in [0.15, 0.2) is 0 Å². The minimum Gasteiger partial charge on any atom is -0.465 e. The zero-order chi connectivity index (χ0) is 18.4. The van der Waals surface area contributed by atoms with E-state index in [1.54, 1.807) is 0 Å². The maximum Gasteiger partial charge on any atom is 0.317 e. The highest BCUT2D eigenvalue weighted by molar-refractivity contribution is 5.74. The van der Waals surface area contributed by atoms with Crippen molar-refractivity contribution in [2.24, 2.45) is 5.92 Å². The largest absolute Gasteiger partial charge is 0.465 e. The van der Waals surface area contributed by atoms with Crippen LogP contribution in [0, 0.1) is 12.8 Å². The number of amides is 2. The molecule has 146 valence electrons. The Morgan fingerprint density at radius 1 is 1.15 bits per heavy atom. The molecule has 0 unspecified atom stereocenters. The number of nitrogens with zero attached hydrogens (tertiary/aromatic N) is 3. The maximum absolute atomic E-state index is 12.3. The lowest BCUT2D eigenvalue weighted by atomic mass is 9.97. The van der Waals surface area contributed by atoms with Gasteiger partial charge in [0.25, 0.3) is 0 Å². The number of β-amino-alcohol motifs (C(OH)–C–C–N with tert-alkyl or cyclic N) is 1. The van der Waals surface area contributed by atoms with Gasteiger partial charge in [-0.05, 0) is 50.9 Å². The third kappa shape index (κ3) is 5.46. The van der Waals surface area contributed by atoms with Gasteiger partial charge in [-0.3, -0.25) is 9.80 Å². The number of urea groups is 1. The van der Waals surface area contributed by atoms with Crippen LogP contribution >= 0.6 is 0 Å². The van der Waals surface area contributed by atoms with Crippen molar-refractivity contribution in [3.8, 4) is 0 Å². The monoisotopic (exact) mass is 364 g/mol. The van der Waals surface area contributed by atoms with Crippen LogP contribution in [0.15, 0.2) is 16.5 Å². The normalized spacial score (nSPS) is 20.5. The van der Waals surface area contributed by atoms with Crippen LogP contribution in [0.25, 0.3) is 0 Å². The predicted octanol–water partition coefficient (Wildman–Crippen LogP) is 1.12. The second-order valence-corrected chi connectivity index (χ2v) is 7.47. The van der Waals surface area contributed by atoms with Crippen molar-refractivity contribution in [3.63, 3.8) is 0 Å². The van der Waals surface area contributed by atoms with Crippen molar-refractivity contribution < 1.29 is 14.3 Å². The number of aryl methyl sites for hydroxylation is 1. The number of likely N-dealkylation sites (tertiary alicyclic amines) is 1. The molecule has 0 bridgehead atoms. The van der Waals surface area contributed by atoms with Crippen LogP contribution in [0.1, 0.15) is 24.4 Å². The molecule has 2 saturated heterocycles. The number of furan rings is 1. The summed E-state index contributed by atoms with van der Waals surface area (Å²) >= 11 is 0. The van der Waals surface area contributed by atoms with E-state index in [2.05, 4.69) is 21.2 Å². The number of piperidine rings is 1. The van der Waals surface area contributed by atoms with Crippen molar-refractivity contribution in [2.75, 3.05) is 59.0 Å². The van der Waals surface area contributed by atoms with Crippen LogP contribution in [0.2, 0.25) is 0 Å². The molecule has 2 aliphatic heterocycles. The smallest absolute Gasteiger partial charge is 0.317 e. The summed E-state index contributed by atoms with van der Waals surface area (Å²) in [7, 11) is 0. The Balaban J connectivity index is 1.31. The predicted molar refractivity (Wildman–Crippen MR) is 99.9 cm³/mol. The summed E-state index contributed by atoms with van der Waals surface area (Å²) in [4.78, 5) is 18.9. The average molecular weight is 364 g/mol. The second-order valence-electron chi connectivity index (χ2n) is 7.47. The van der Waals surface area contributed by atoms with E-state index in [1.165, 1.54) is 0 Å². The number of hydrogen-bond acceptors (Lipinski definition) is 5. The summed E-state index contributed by atoms with van der Waals surface area (Å²) in [6, 6.07) is 4.13. The highest BCUT2D eigenvalue weighted by Crippen LogP contribution is 2.19. The lowest BCUT2D eigenvalue weighted by molar-refractivity contribution is 0.119. The Labute approximate surface area is 155 Å². The fraction of sp³-hybridized carbons (Fsp3) is 0.737. The lowest BCUT2D eigenvalue weighted by Gasteiger charge is -2.35. The summed E-state index contributed by atoms with van der Waals surface area (Å²) in [6.45, 7) is 9.80. The Morgan fingerprint density at radius 3 is 2.50 bits per heavy atom. The first-order chi connectivity index (χ1) is 12.6. The lowest BCUT2D eigenvalue weighted by Crippen LogP contribution is -2.53. The molecule has 7 nitrogen and oxygen atoms in total. The van der Waals surface area contributed by atoms with Crippen molar-refractivity contribution in [1.82, 2.24) is 20.0 Å². The minimum atomic E-state index is 0.0575. The van der Waals surface area contributed by atoms with Gasteiger partial charge in [-0.25, -0.2) is 4.79 Å². The number of aliphatic hydroxyl groups is 1. The number of carbonyl (C=O) groups excluding carboxylic acids is 1. The molecule has 2 aliphatic rings. The number of aliphatic hydroxyl groups excluding tert-OH is 1. The standard InChI is InChI=1S/C19H32N4O3/c1-16-2-3-18(26-16)15-22-6-4-17(5-7-22)14-20-19(25)23-10-8-21(9-11-23)12-13-24/h2-3,17,24H,4-15H2,1H3,(H,20,25). The highest BCUT2D eigenvalue weighted by atomic mass is 16.3. The molecule has 0 saturated carbocycles. The van der Waals surface area contributed by atoms with Gasteiger partial charge in [0.2, 0.25) is 0 Å². The molecule has 3 heterocycles. The van der Waals surface area contributed by atoms with E-state index in [0.29, 0.717) is 12.5 Å². The summed E-state index contributed by atoms with van der Waals surface area (Å²) in [5, 5.41) is 12.1. The first-order valence-electron chi connectivity index (χ1n) is 9.77. The molecule has 0 aliphatic carbocycles. The Morgan fingerprint density at radius 2 is 1.88 bits per heavy atom. The summed E-state index contributed by atoms with van der Waals surface area (Å²) in [5.41, 5.74) is 0. The van der Waals surface area contributed by atoms with Crippen molar-refractivity contribution in [2.45, 2.75) is 26.3 Å².